The zero-order chi connectivity index (χ0) is 10.9. The summed E-state index contributed by atoms with van der Waals surface area (Å²) in [6, 6.07) is 0.467. The Balaban J connectivity index is 1.96. The van der Waals surface area contributed by atoms with Crippen LogP contribution in [-0.2, 0) is 9.84 Å². The van der Waals surface area contributed by atoms with Gasteiger partial charge in [0, 0.05) is 32.2 Å². The molecule has 0 bridgehead atoms. The van der Waals surface area contributed by atoms with Crippen molar-refractivity contribution in [2.75, 3.05) is 31.9 Å². The van der Waals surface area contributed by atoms with Crippen LogP contribution in [0.3, 0.4) is 0 Å². The molecule has 2 unspecified atom stereocenters. The van der Waals surface area contributed by atoms with Gasteiger partial charge < -0.3 is 5.32 Å². The molecule has 2 aliphatic heterocycles. The molecule has 5 heteroatoms. The van der Waals surface area contributed by atoms with Gasteiger partial charge in [0.25, 0.3) is 0 Å². The molecule has 2 saturated heterocycles. The lowest BCUT2D eigenvalue weighted by Gasteiger charge is -2.35. The fourth-order valence-electron chi connectivity index (χ4n) is 2.48. The molecule has 0 saturated carbocycles. The van der Waals surface area contributed by atoms with Crippen LogP contribution < -0.4 is 5.32 Å². The molecule has 0 aromatic rings. The SMILES string of the molecule is CC1CNCCN1CC1CCCS1(=O)=O. The lowest BCUT2D eigenvalue weighted by Crippen LogP contribution is -2.52. The van der Waals surface area contributed by atoms with Crippen molar-refractivity contribution in [3.05, 3.63) is 0 Å². The van der Waals surface area contributed by atoms with Crippen LogP contribution >= 0.6 is 0 Å². The topological polar surface area (TPSA) is 49.4 Å². The Kier molecular flexibility index (Phi) is 3.33. The van der Waals surface area contributed by atoms with E-state index in [2.05, 4.69) is 17.1 Å². The maximum atomic E-state index is 11.7. The fourth-order valence-corrected chi connectivity index (χ4v) is 4.33. The number of nitrogens with one attached hydrogen (secondary N) is 1. The van der Waals surface area contributed by atoms with Gasteiger partial charge >= 0.3 is 0 Å². The predicted octanol–water partition coefficient (Wildman–Crippen LogP) is -0.143. The largest absolute Gasteiger partial charge is 0.314 e. The third-order valence-corrected chi connectivity index (χ3v) is 5.80. The van der Waals surface area contributed by atoms with Crippen LogP contribution in [0.2, 0.25) is 0 Å². The van der Waals surface area contributed by atoms with Gasteiger partial charge in [-0.15, -0.1) is 0 Å². The molecule has 15 heavy (non-hydrogen) atoms. The molecule has 0 amide bonds. The van der Waals surface area contributed by atoms with E-state index in [9.17, 15) is 8.42 Å². The molecule has 2 atom stereocenters. The first-order chi connectivity index (χ1) is 7.09. The zero-order valence-corrected chi connectivity index (χ0v) is 10.1. The van der Waals surface area contributed by atoms with Crippen molar-refractivity contribution in [1.82, 2.24) is 10.2 Å². The van der Waals surface area contributed by atoms with Gasteiger partial charge in [-0.05, 0) is 19.8 Å². The van der Waals surface area contributed by atoms with Gasteiger partial charge in [-0.3, -0.25) is 4.90 Å². The van der Waals surface area contributed by atoms with Crippen LogP contribution in [0.15, 0.2) is 0 Å². The molecule has 2 aliphatic rings. The Labute approximate surface area is 91.9 Å². The Morgan fingerprint density at radius 3 is 2.87 bits per heavy atom. The summed E-state index contributed by atoms with van der Waals surface area (Å²) < 4.78 is 23.4. The van der Waals surface area contributed by atoms with Crippen molar-refractivity contribution >= 4 is 9.84 Å². The van der Waals surface area contributed by atoms with Crippen molar-refractivity contribution in [2.45, 2.75) is 31.1 Å². The molecule has 1 N–H and O–H groups in total. The van der Waals surface area contributed by atoms with Gasteiger partial charge in [0.2, 0.25) is 0 Å². The van der Waals surface area contributed by atoms with E-state index in [0.29, 0.717) is 11.8 Å². The molecule has 4 nitrogen and oxygen atoms in total. The second-order valence-corrected chi connectivity index (χ2v) is 7.08. The highest BCUT2D eigenvalue weighted by Crippen LogP contribution is 2.21. The quantitative estimate of drug-likeness (QED) is 0.720. The summed E-state index contributed by atoms with van der Waals surface area (Å²) in [5.74, 6) is 0.401. The van der Waals surface area contributed by atoms with Crippen LogP contribution in [0.5, 0.6) is 0 Å². The molecule has 2 fully saturated rings. The predicted molar refractivity (Wildman–Crippen MR) is 60.7 cm³/mol. The Morgan fingerprint density at radius 1 is 1.47 bits per heavy atom. The van der Waals surface area contributed by atoms with E-state index in [1.807, 2.05) is 0 Å². The molecule has 0 aliphatic carbocycles. The second kappa shape index (κ2) is 4.39. The van der Waals surface area contributed by atoms with Crippen LogP contribution in [0, 0.1) is 0 Å². The first-order valence-electron chi connectivity index (χ1n) is 5.76. The zero-order valence-electron chi connectivity index (χ0n) is 9.28. The molecule has 0 radical (unpaired) electrons. The minimum atomic E-state index is -2.77. The number of hydrogen-bond acceptors (Lipinski definition) is 4. The smallest absolute Gasteiger partial charge is 0.154 e. The van der Waals surface area contributed by atoms with E-state index in [0.717, 1.165) is 39.0 Å². The average Bonchev–Trinajstić information content (AvgIpc) is 2.50. The van der Waals surface area contributed by atoms with Crippen LogP contribution in [0.25, 0.3) is 0 Å². The Morgan fingerprint density at radius 2 is 2.27 bits per heavy atom. The monoisotopic (exact) mass is 232 g/mol. The summed E-state index contributed by atoms with van der Waals surface area (Å²) in [7, 11) is -2.77. The second-order valence-electron chi connectivity index (χ2n) is 4.68. The minimum Gasteiger partial charge on any atom is -0.314 e. The van der Waals surface area contributed by atoms with Gasteiger partial charge in [0.1, 0.15) is 0 Å². The number of rotatable bonds is 2. The van der Waals surface area contributed by atoms with Crippen LogP contribution in [0.1, 0.15) is 19.8 Å². The van der Waals surface area contributed by atoms with Gasteiger partial charge in [-0.25, -0.2) is 8.42 Å². The van der Waals surface area contributed by atoms with Crippen LogP contribution in [-0.4, -0.2) is 56.5 Å². The fraction of sp³-hybridized carbons (Fsp3) is 1.00. The molecular weight excluding hydrogens is 212 g/mol. The molecule has 2 rings (SSSR count). The minimum absolute atomic E-state index is 0.0990. The Hall–Kier alpha value is -0.130. The van der Waals surface area contributed by atoms with E-state index in [-0.39, 0.29) is 5.25 Å². The summed E-state index contributed by atoms with van der Waals surface area (Å²) >= 11 is 0. The summed E-state index contributed by atoms with van der Waals surface area (Å²) in [4.78, 5) is 2.31. The highest BCUT2D eigenvalue weighted by atomic mass is 32.2. The van der Waals surface area contributed by atoms with Gasteiger partial charge in [0.15, 0.2) is 9.84 Å². The first kappa shape index (κ1) is 11.4. The number of hydrogen-bond donors (Lipinski definition) is 1. The van der Waals surface area contributed by atoms with E-state index in [1.54, 1.807) is 0 Å². The summed E-state index contributed by atoms with van der Waals surface area (Å²) in [6.07, 6.45) is 1.71. The van der Waals surface area contributed by atoms with E-state index in [4.69, 9.17) is 0 Å². The molecule has 88 valence electrons. The first-order valence-corrected chi connectivity index (χ1v) is 7.47. The van der Waals surface area contributed by atoms with E-state index >= 15 is 0 Å². The maximum Gasteiger partial charge on any atom is 0.154 e. The lowest BCUT2D eigenvalue weighted by molar-refractivity contribution is 0.173. The molecule has 0 aromatic heterocycles. The maximum absolute atomic E-state index is 11.7. The average molecular weight is 232 g/mol. The summed E-state index contributed by atoms with van der Waals surface area (Å²) in [6.45, 7) is 5.84. The van der Waals surface area contributed by atoms with E-state index in [1.165, 1.54) is 0 Å². The molecule has 2 heterocycles. The standard InChI is InChI=1S/C10H20N2O2S/c1-9-7-11-4-5-12(9)8-10-3-2-6-15(10,13)14/h9-11H,2-8H2,1H3. The van der Waals surface area contributed by atoms with Crippen LogP contribution in [0.4, 0.5) is 0 Å². The van der Waals surface area contributed by atoms with Gasteiger partial charge in [0.05, 0.1) is 11.0 Å². The third-order valence-electron chi connectivity index (χ3n) is 3.54. The highest BCUT2D eigenvalue weighted by molar-refractivity contribution is 7.92. The van der Waals surface area contributed by atoms with Crippen molar-refractivity contribution in [3.8, 4) is 0 Å². The molecule has 0 spiro atoms. The molecule has 0 aromatic carbocycles. The van der Waals surface area contributed by atoms with Crippen molar-refractivity contribution in [1.29, 1.82) is 0 Å². The van der Waals surface area contributed by atoms with Gasteiger partial charge in [-0.1, -0.05) is 0 Å². The summed E-state index contributed by atoms with van der Waals surface area (Å²) in [5.41, 5.74) is 0. The number of sulfone groups is 1. The number of piperazine rings is 1. The van der Waals surface area contributed by atoms with Gasteiger partial charge in [-0.2, -0.15) is 0 Å². The van der Waals surface area contributed by atoms with Crippen molar-refractivity contribution < 1.29 is 8.42 Å². The Bertz CT molecular complexity index is 315. The van der Waals surface area contributed by atoms with E-state index < -0.39 is 9.84 Å². The number of nitrogens with zero attached hydrogens (tertiary/aromatic N) is 1. The van der Waals surface area contributed by atoms with Crippen molar-refractivity contribution in [2.24, 2.45) is 0 Å². The summed E-state index contributed by atoms with van der Waals surface area (Å²) in [5, 5.41) is 3.22. The normalized spacial score (nSPS) is 36.9. The lowest BCUT2D eigenvalue weighted by atomic mass is 10.2. The highest BCUT2D eigenvalue weighted by Gasteiger charge is 2.33. The van der Waals surface area contributed by atoms with Crippen molar-refractivity contribution in [3.63, 3.8) is 0 Å². The third kappa shape index (κ3) is 2.52. The molecular formula is C10H20N2O2S.